The molecule has 128 valence electrons. The van der Waals surface area contributed by atoms with E-state index in [0.29, 0.717) is 29.3 Å². The molecule has 0 radical (unpaired) electrons. The molecule has 0 atom stereocenters. The highest BCUT2D eigenvalue weighted by atomic mass is 16.4. The van der Waals surface area contributed by atoms with Gasteiger partial charge in [0.15, 0.2) is 0 Å². The van der Waals surface area contributed by atoms with Crippen molar-refractivity contribution < 1.29 is 9.21 Å². The maximum absolute atomic E-state index is 12.8. The summed E-state index contributed by atoms with van der Waals surface area (Å²) in [5, 5.41) is 2.91. The first-order chi connectivity index (χ1) is 11.9. The Morgan fingerprint density at radius 1 is 1.40 bits per heavy atom. The number of furan rings is 1. The molecule has 0 saturated heterocycles. The van der Waals surface area contributed by atoms with Gasteiger partial charge in [0.05, 0.1) is 35.4 Å². The Morgan fingerprint density at radius 3 is 3.00 bits per heavy atom. The zero-order valence-electron chi connectivity index (χ0n) is 14.4. The van der Waals surface area contributed by atoms with Crippen LogP contribution in [0.2, 0.25) is 0 Å². The fourth-order valence-electron chi connectivity index (χ4n) is 3.16. The van der Waals surface area contributed by atoms with Crippen molar-refractivity contribution in [3.63, 3.8) is 0 Å². The van der Waals surface area contributed by atoms with Crippen molar-refractivity contribution in [1.82, 2.24) is 15.2 Å². The third-order valence-corrected chi connectivity index (χ3v) is 4.22. The number of pyridine rings is 1. The van der Waals surface area contributed by atoms with Gasteiger partial charge in [0, 0.05) is 6.20 Å². The maximum atomic E-state index is 12.8. The van der Waals surface area contributed by atoms with E-state index in [1.807, 2.05) is 23.1 Å². The van der Waals surface area contributed by atoms with Crippen LogP contribution in [-0.4, -0.2) is 40.0 Å². The lowest BCUT2D eigenvalue weighted by molar-refractivity contribution is 0.0948. The molecule has 2 aliphatic rings. The lowest BCUT2D eigenvalue weighted by atomic mass is 10.1. The number of fused-ring (bicyclic) bond motifs is 3. The van der Waals surface area contributed by atoms with E-state index < -0.39 is 0 Å². The predicted molar refractivity (Wildman–Crippen MR) is 94.3 cm³/mol. The number of nitrogens with zero attached hydrogens (tertiary/aromatic N) is 4. The fourth-order valence-corrected chi connectivity index (χ4v) is 3.16. The molecule has 0 saturated carbocycles. The zero-order valence-corrected chi connectivity index (χ0v) is 14.4. The van der Waals surface area contributed by atoms with Gasteiger partial charge in [-0.25, -0.2) is 4.99 Å². The van der Waals surface area contributed by atoms with E-state index in [-0.39, 0.29) is 11.4 Å². The van der Waals surface area contributed by atoms with Crippen molar-refractivity contribution in [2.75, 3.05) is 6.54 Å². The number of nitrogens with one attached hydrogen (secondary N) is 1. The average molecular weight is 337 g/mol. The molecule has 2 aliphatic heterocycles. The molecule has 2 aromatic rings. The molecule has 4 rings (SSSR count). The number of aliphatic imine (C=N–C) groups is 2. The Balaban J connectivity index is 1.67. The summed E-state index contributed by atoms with van der Waals surface area (Å²) in [6.07, 6.45) is 3.42. The van der Waals surface area contributed by atoms with Crippen LogP contribution in [0.3, 0.4) is 0 Å². The lowest BCUT2D eigenvalue weighted by Crippen LogP contribution is -2.34. The summed E-state index contributed by atoms with van der Waals surface area (Å²) in [6.45, 7) is 6.96. The minimum Gasteiger partial charge on any atom is -0.442 e. The van der Waals surface area contributed by atoms with Crippen LogP contribution in [-0.2, 0) is 6.54 Å². The second-order valence-electron chi connectivity index (χ2n) is 6.84. The minimum atomic E-state index is -0.226. The van der Waals surface area contributed by atoms with Gasteiger partial charge >= 0.3 is 0 Å². The number of carbonyl (C=O) groups excluding carboxylic acids is 1. The molecular formula is C18H19N5O2. The highest BCUT2D eigenvalue weighted by molar-refractivity contribution is 6.17. The Bertz CT molecular complexity index is 896. The molecule has 2 aromatic heterocycles. The largest absolute Gasteiger partial charge is 0.442 e. The zero-order chi connectivity index (χ0) is 17.6. The third kappa shape index (κ3) is 2.71. The number of amides is 1. The molecule has 0 bridgehead atoms. The highest BCUT2D eigenvalue weighted by Crippen LogP contribution is 2.36. The first-order valence-corrected chi connectivity index (χ1v) is 8.17. The first-order valence-electron chi connectivity index (χ1n) is 8.17. The van der Waals surface area contributed by atoms with E-state index in [9.17, 15) is 4.79 Å². The van der Waals surface area contributed by atoms with Gasteiger partial charge in [-0.05, 0) is 32.9 Å². The summed E-state index contributed by atoms with van der Waals surface area (Å²) < 4.78 is 5.70. The van der Waals surface area contributed by atoms with Crippen molar-refractivity contribution in [3.8, 4) is 0 Å². The van der Waals surface area contributed by atoms with E-state index in [1.165, 1.54) is 0 Å². The Hall–Kier alpha value is -2.96. The molecule has 0 aromatic carbocycles. The van der Waals surface area contributed by atoms with Gasteiger partial charge in [-0.15, -0.1) is 0 Å². The third-order valence-electron chi connectivity index (χ3n) is 4.22. The molecule has 4 heterocycles. The van der Waals surface area contributed by atoms with Gasteiger partial charge in [-0.2, -0.15) is 0 Å². The van der Waals surface area contributed by atoms with Crippen LogP contribution in [0.5, 0.6) is 0 Å². The second kappa shape index (κ2) is 5.54. The topological polar surface area (TPSA) is 83.1 Å². The molecule has 7 heteroatoms. The number of rotatable bonds is 3. The molecular weight excluding hydrogens is 318 g/mol. The summed E-state index contributed by atoms with van der Waals surface area (Å²) in [7, 11) is 0. The van der Waals surface area contributed by atoms with Gasteiger partial charge < -0.3 is 14.6 Å². The van der Waals surface area contributed by atoms with Crippen LogP contribution in [0.1, 0.15) is 41.2 Å². The molecule has 0 fully saturated rings. The Kier molecular flexibility index (Phi) is 3.45. The summed E-state index contributed by atoms with van der Waals surface area (Å²) in [6, 6.07) is 5.60. The summed E-state index contributed by atoms with van der Waals surface area (Å²) in [5.41, 5.74) is 1.73. The molecule has 0 aliphatic carbocycles. The highest BCUT2D eigenvalue weighted by Gasteiger charge is 2.39. The van der Waals surface area contributed by atoms with Gasteiger partial charge in [0.25, 0.3) is 5.91 Å². The molecule has 25 heavy (non-hydrogen) atoms. The van der Waals surface area contributed by atoms with Crippen molar-refractivity contribution in [2.24, 2.45) is 9.98 Å². The van der Waals surface area contributed by atoms with Crippen molar-refractivity contribution in [3.05, 3.63) is 47.0 Å². The van der Waals surface area contributed by atoms with E-state index in [1.54, 1.807) is 19.5 Å². The number of hydrogen-bond acceptors (Lipinski definition) is 6. The SMILES string of the molecule is Cc1oc2c(c1C(=O)NCc1ccccn1)C1=NC(C)(C)CN1C=N2. The predicted octanol–water partition coefficient (Wildman–Crippen LogP) is 2.43. The molecule has 7 nitrogen and oxygen atoms in total. The standard InChI is InChI=1S/C18H19N5O2/c1-11-13(16(24)20-8-12-6-4-5-7-19-12)14-15-22-18(2,3)9-23(15)10-21-17(14)25-11/h4-7,10H,8-9H2,1-3H3,(H,20,24). The summed E-state index contributed by atoms with van der Waals surface area (Å²) in [4.78, 5) is 28.1. The van der Waals surface area contributed by atoms with Gasteiger partial charge in [0.2, 0.25) is 5.88 Å². The van der Waals surface area contributed by atoms with E-state index in [0.717, 1.165) is 18.1 Å². The molecule has 1 amide bonds. The molecule has 0 unspecified atom stereocenters. The fraction of sp³-hybridized carbons (Fsp3) is 0.333. The van der Waals surface area contributed by atoms with Crippen LogP contribution in [0.15, 0.2) is 38.8 Å². The monoisotopic (exact) mass is 337 g/mol. The summed E-state index contributed by atoms with van der Waals surface area (Å²) in [5.74, 6) is 1.51. The van der Waals surface area contributed by atoms with E-state index in [2.05, 4.69) is 29.1 Å². The Morgan fingerprint density at radius 2 is 2.24 bits per heavy atom. The quantitative estimate of drug-likeness (QED) is 0.932. The maximum Gasteiger partial charge on any atom is 0.255 e. The van der Waals surface area contributed by atoms with Crippen LogP contribution in [0.25, 0.3) is 0 Å². The first kappa shape index (κ1) is 15.6. The van der Waals surface area contributed by atoms with Crippen LogP contribution >= 0.6 is 0 Å². The number of aromatic nitrogens is 1. The summed E-state index contributed by atoms with van der Waals surface area (Å²) >= 11 is 0. The van der Waals surface area contributed by atoms with E-state index >= 15 is 0 Å². The number of carbonyl (C=O) groups is 1. The van der Waals surface area contributed by atoms with Crippen molar-refractivity contribution in [2.45, 2.75) is 32.9 Å². The molecule has 0 spiro atoms. The number of hydrogen-bond donors (Lipinski definition) is 1. The van der Waals surface area contributed by atoms with Crippen molar-refractivity contribution >= 4 is 24.0 Å². The van der Waals surface area contributed by atoms with Crippen LogP contribution in [0.4, 0.5) is 5.88 Å². The van der Waals surface area contributed by atoms with Gasteiger partial charge in [-0.3, -0.25) is 14.8 Å². The van der Waals surface area contributed by atoms with Crippen molar-refractivity contribution in [1.29, 1.82) is 0 Å². The number of amidine groups is 1. The van der Waals surface area contributed by atoms with Gasteiger partial charge in [-0.1, -0.05) is 6.07 Å². The van der Waals surface area contributed by atoms with E-state index in [4.69, 9.17) is 9.41 Å². The lowest BCUT2D eigenvalue weighted by Gasteiger charge is -2.20. The average Bonchev–Trinajstić information content (AvgIpc) is 3.08. The smallest absolute Gasteiger partial charge is 0.255 e. The second-order valence-corrected chi connectivity index (χ2v) is 6.84. The minimum absolute atomic E-state index is 0.211. The van der Waals surface area contributed by atoms with Crippen LogP contribution in [0, 0.1) is 6.92 Å². The van der Waals surface area contributed by atoms with Crippen LogP contribution < -0.4 is 5.32 Å². The normalized spacial score (nSPS) is 17.1. The Labute approximate surface area is 145 Å². The van der Waals surface area contributed by atoms with Gasteiger partial charge in [0.1, 0.15) is 17.9 Å². The number of aryl methyl sites for hydroxylation is 1. The molecule has 1 N–H and O–H groups in total.